The van der Waals surface area contributed by atoms with E-state index in [1.54, 1.807) is 42.5 Å². The molecule has 0 atom stereocenters. The Labute approximate surface area is 167 Å². The molecule has 8 heteroatoms. The van der Waals surface area contributed by atoms with Crippen LogP contribution in [-0.2, 0) is 17.8 Å². The Hall–Kier alpha value is -3.00. The number of hydrogen-bond donors (Lipinski definition) is 1. The van der Waals surface area contributed by atoms with Crippen molar-refractivity contribution in [2.75, 3.05) is 14.1 Å². The smallest absolute Gasteiger partial charge is 0.251 e. The molecule has 0 aliphatic heterocycles. The van der Waals surface area contributed by atoms with Gasteiger partial charge >= 0.3 is 0 Å². The maximum atomic E-state index is 12.3. The molecule has 0 fully saturated rings. The topological polar surface area (TPSA) is 88.3 Å². The van der Waals surface area contributed by atoms with Gasteiger partial charge in [0, 0.05) is 39.0 Å². The monoisotopic (exact) mass is 398 g/mol. The summed E-state index contributed by atoms with van der Waals surface area (Å²) in [6.45, 7) is 0.496. The van der Waals surface area contributed by atoms with Crippen molar-refractivity contribution < 1.29 is 14.1 Å². The van der Waals surface area contributed by atoms with Gasteiger partial charge in [-0.25, -0.2) is 0 Å². The number of nitrogens with one attached hydrogen (secondary N) is 1. The van der Waals surface area contributed by atoms with Crippen molar-refractivity contribution in [2.24, 2.45) is 0 Å². The van der Waals surface area contributed by atoms with E-state index >= 15 is 0 Å². The number of rotatable bonds is 8. The van der Waals surface area contributed by atoms with Crippen LogP contribution in [0.15, 0.2) is 46.3 Å². The molecule has 146 valence electrons. The Morgan fingerprint density at radius 1 is 1.21 bits per heavy atom. The molecule has 0 spiro atoms. The van der Waals surface area contributed by atoms with Crippen LogP contribution >= 0.6 is 11.3 Å². The molecule has 2 heterocycles. The van der Waals surface area contributed by atoms with Gasteiger partial charge in [-0.3, -0.25) is 9.59 Å². The number of thiophene rings is 1. The first-order chi connectivity index (χ1) is 13.6. The summed E-state index contributed by atoms with van der Waals surface area (Å²) in [7, 11) is 3.37. The van der Waals surface area contributed by atoms with Crippen molar-refractivity contribution in [3.63, 3.8) is 0 Å². The summed E-state index contributed by atoms with van der Waals surface area (Å²) in [6.07, 6.45) is 1.62. The highest BCUT2D eigenvalue weighted by Crippen LogP contribution is 2.21. The van der Waals surface area contributed by atoms with Crippen LogP contribution in [0.3, 0.4) is 0 Å². The summed E-state index contributed by atoms with van der Waals surface area (Å²) in [5, 5.41) is 8.52. The third-order valence-corrected chi connectivity index (χ3v) is 5.15. The molecule has 0 unspecified atom stereocenters. The quantitative estimate of drug-likeness (QED) is 0.630. The van der Waals surface area contributed by atoms with Crippen LogP contribution in [0.1, 0.15) is 34.7 Å². The van der Waals surface area contributed by atoms with Crippen molar-refractivity contribution >= 4 is 23.2 Å². The highest BCUT2D eigenvalue weighted by atomic mass is 32.1. The summed E-state index contributed by atoms with van der Waals surface area (Å²) in [5.41, 5.74) is 1.57. The summed E-state index contributed by atoms with van der Waals surface area (Å²) < 4.78 is 5.25. The van der Waals surface area contributed by atoms with Crippen molar-refractivity contribution in [1.82, 2.24) is 20.4 Å². The van der Waals surface area contributed by atoms with Gasteiger partial charge in [0.25, 0.3) is 5.91 Å². The number of benzene rings is 1. The molecule has 0 saturated heterocycles. The SMILES string of the molecule is CNC(=O)c1ccc(CN(C)C(=O)CCCc2nc(-c3cccs3)no2)cc1. The third-order valence-electron chi connectivity index (χ3n) is 4.28. The fraction of sp³-hybridized carbons (Fsp3) is 0.300. The maximum Gasteiger partial charge on any atom is 0.251 e. The van der Waals surface area contributed by atoms with Gasteiger partial charge in [-0.2, -0.15) is 4.98 Å². The molecule has 0 aliphatic rings. The molecule has 3 aromatic rings. The first-order valence-corrected chi connectivity index (χ1v) is 9.86. The van der Waals surface area contributed by atoms with Crippen molar-refractivity contribution in [3.05, 3.63) is 58.8 Å². The van der Waals surface area contributed by atoms with Crippen LogP contribution in [0, 0.1) is 0 Å². The van der Waals surface area contributed by atoms with Gasteiger partial charge in [-0.1, -0.05) is 23.4 Å². The molecule has 1 aromatic carbocycles. The van der Waals surface area contributed by atoms with Gasteiger partial charge < -0.3 is 14.7 Å². The molecule has 2 amide bonds. The van der Waals surface area contributed by atoms with Crippen LogP contribution in [-0.4, -0.2) is 41.0 Å². The third kappa shape index (κ3) is 5.04. The number of aromatic nitrogens is 2. The van der Waals surface area contributed by atoms with E-state index in [-0.39, 0.29) is 11.8 Å². The minimum atomic E-state index is -0.126. The van der Waals surface area contributed by atoms with Gasteiger partial charge in [-0.15, -0.1) is 11.3 Å². The number of carbonyl (C=O) groups excluding carboxylic acids is 2. The van der Waals surface area contributed by atoms with Gasteiger partial charge in [0.1, 0.15) is 0 Å². The fourth-order valence-corrected chi connectivity index (χ4v) is 3.36. The van der Waals surface area contributed by atoms with E-state index in [1.165, 1.54) is 0 Å². The number of nitrogens with zero attached hydrogens (tertiary/aromatic N) is 3. The Morgan fingerprint density at radius 2 is 2.00 bits per heavy atom. The molecular weight excluding hydrogens is 376 g/mol. The van der Waals surface area contributed by atoms with Crippen molar-refractivity contribution in [1.29, 1.82) is 0 Å². The molecular formula is C20H22N4O3S. The molecule has 3 rings (SSSR count). The summed E-state index contributed by atoms with van der Waals surface area (Å²) in [6, 6.07) is 11.1. The van der Waals surface area contributed by atoms with Crippen LogP contribution in [0.25, 0.3) is 10.7 Å². The molecule has 2 aromatic heterocycles. The minimum absolute atomic E-state index is 0.0494. The first-order valence-electron chi connectivity index (χ1n) is 8.98. The summed E-state index contributed by atoms with van der Waals surface area (Å²) >= 11 is 1.56. The summed E-state index contributed by atoms with van der Waals surface area (Å²) in [4.78, 5) is 30.9. The zero-order valence-electron chi connectivity index (χ0n) is 15.8. The predicted octanol–water partition coefficient (Wildman–Crippen LogP) is 3.14. The normalized spacial score (nSPS) is 10.6. The molecule has 0 radical (unpaired) electrons. The lowest BCUT2D eigenvalue weighted by molar-refractivity contribution is -0.130. The molecule has 0 aliphatic carbocycles. The molecule has 0 bridgehead atoms. The van der Waals surface area contributed by atoms with Gasteiger partial charge in [0.2, 0.25) is 17.6 Å². The first kappa shape index (κ1) is 19.8. The van der Waals surface area contributed by atoms with Crippen LogP contribution in [0.4, 0.5) is 0 Å². The lowest BCUT2D eigenvalue weighted by atomic mass is 10.1. The maximum absolute atomic E-state index is 12.3. The highest BCUT2D eigenvalue weighted by molar-refractivity contribution is 7.13. The largest absolute Gasteiger partial charge is 0.355 e. The Balaban J connectivity index is 1.45. The highest BCUT2D eigenvalue weighted by Gasteiger charge is 2.13. The van der Waals surface area contributed by atoms with E-state index in [0.29, 0.717) is 43.1 Å². The average molecular weight is 398 g/mol. The van der Waals surface area contributed by atoms with Crippen LogP contribution in [0.5, 0.6) is 0 Å². The van der Waals surface area contributed by atoms with Crippen molar-refractivity contribution in [3.8, 4) is 10.7 Å². The average Bonchev–Trinajstić information content (AvgIpc) is 3.39. The Morgan fingerprint density at radius 3 is 2.68 bits per heavy atom. The second kappa shape index (κ2) is 9.27. The van der Waals surface area contributed by atoms with Gasteiger partial charge in [-0.05, 0) is 35.6 Å². The standard InChI is InChI=1S/C20H22N4O3S/c1-21-20(26)15-10-8-14(9-11-15)13-24(2)18(25)7-3-6-17-22-19(23-27-17)16-5-4-12-28-16/h4-5,8-12H,3,6-7,13H2,1-2H3,(H,21,26). The van der Waals surface area contributed by atoms with E-state index in [9.17, 15) is 9.59 Å². The number of hydrogen-bond acceptors (Lipinski definition) is 6. The lowest BCUT2D eigenvalue weighted by Crippen LogP contribution is -2.26. The van der Waals surface area contributed by atoms with Crippen molar-refractivity contribution in [2.45, 2.75) is 25.8 Å². The molecule has 7 nitrogen and oxygen atoms in total. The van der Waals surface area contributed by atoms with Crippen LogP contribution in [0.2, 0.25) is 0 Å². The van der Waals surface area contributed by atoms with Crippen LogP contribution < -0.4 is 5.32 Å². The zero-order chi connectivity index (χ0) is 19.9. The molecule has 1 N–H and O–H groups in total. The van der Waals surface area contributed by atoms with E-state index in [2.05, 4.69) is 15.5 Å². The number of aryl methyl sites for hydroxylation is 1. The zero-order valence-corrected chi connectivity index (χ0v) is 16.7. The van der Waals surface area contributed by atoms with E-state index in [4.69, 9.17) is 4.52 Å². The molecule has 0 saturated carbocycles. The number of carbonyl (C=O) groups is 2. The fourth-order valence-electron chi connectivity index (χ4n) is 2.71. The number of amides is 2. The molecule has 28 heavy (non-hydrogen) atoms. The minimum Gasteiger partial charge on any atom is -0.355 e. The Kier molecular flexibility index (Phi) is 6.54. The summed E-state index contributed by atoms with van der Waals surface area (Å²) in [5.74, 6) is 1.06. The van der Waals surface area contributed by atoms with E-state index < -0.39 is 0 Å². The van der Waals surface area contributed by atoms with Gasteiger partial charge in [0.15, 0.2) is 0 Å². The second-order valence-electron chi connectivity index (χ2n) is 6.37. The van der Waals surface area contributed by atoms with Gasteiger partial charge in [0.05, 0.1) is 4.88 Å². The predicted molar refractivity (Wildman–Crippen MR) is 107 cm³/mol. The second-order valence-corrected chi connectivity index (χ2v) is 7.32. The Bertz CT molecular complexity index is 919. The van der Waals surface area contributed by atoms with E-state index in [1.807, 2.05) is 29.6 Å². The lowest BCUT2D eigenvalue weighted by Gasteiger charge is -2.17. The van der Waals surface area contributed by atoms with E-state index in [0.717, 1.165) is 10.4 Å².